The number of thioether (sulfide) groups is 1. The lowest BCUT2D eigenvalue weighted by molar-refractivity contribution is -0.125. The van der Waals surface area contributed by atoms with Gasteiger partial charge in [0.25, 0.3) is 0 Å². The van der Waals surface area contributed by atoms with Crippen molar-refractivity contribution in [2.75, 3.05) is 31.4 Å². The van der Waals surface area contributed by atoms with Crippen LogP contribution in [0.15, 0.2) is 57.8 Å². The van der Waals surface area contributed by atoms with E-state index in [9.17, 15) is 4.79 Å². The second-order valence-corrected chi connectivity index (χ2v) is 8.33. The molecule has 162 valence electrons. The number of hydrogen-bond donors (Lipinski definition) is 1. The van der Waals surface area contributed by atoms with Gasteiger partial charge in [-0.05, 0) is 61.1 Å². The van der Waals surface area contributed by atoms with Gasteiger partial charge in [-0.3, -0.25) is 4.79 Å². The first-order chi connectivity index (χ1) is 15.2. The summed E-state index contributed by atoms with van der Waals surface area (Å²) < 4.78 is 11.0. The maximum Gasteiger partial charge on any atom is 0.318 e. The van der Waals surface area contributed by atoms with Gasteiger partial charge in [0.15, 0.2) is 0 Å². The molecule has 0 spiro atoms. The van der Waals surface area contributed by atoms with Crippen LogP contribution in [0, 0.1) is 5.92 Å². The first kappa shape index (κ1) is 21.2. The van der Waals surface area contributed by atoms with Crippen LogP contribution in [-0.2, 0) is 11.3 Å². The van der Waals surface area contributed by atoms with E-state index in [1.54, 1.807) is 18.9 Å². The van der Waals surface area contributed by atoms with E-state index in [-0.39, 0.29) is 11.8 Å². The van der Waals surface area contributed by atoms with Crippen LogP contribution in [0.1, 0.15) is 18.4 Å². The van der Waals surface area contributed by atoms with Gasteiger partial charge in [-0.15, -0.1) is 16.9 Å². The van der Waals surface area contributed by atoms with Gasteiger partial charge in [0, 0.05) is 36.0 Å². The topological polar surface area (TPSA) is 80.5 Å². The molecule has 4 rings (SSSR count). The number of ether oxygens (including phenoxy) is 1. The van der Waals surface area contributed by atoms with Crippen LogP contribution < -0.4 is 15.0 Å². The van der Waals surface area contributed by atoms with Gasteiger partial charge in [0.2, 0.25) is 11.8 Å². The summed E-state index contributed by atoms with van der Waals surface area (Å²) in [7, 11) is 1.63. The molecule has 2 aromatic carbocycles. The lowest BCUT2D eigenvalue weighted by Crippen LogP contribution is -2.40. The Morgan fingerprint density at radius 1 is 1.13 bits per heavy atom. The maximum atomic E-state index is 12.6. The monoisotopic (exact) mass is 438 g/mol. The summed E-state index contributed by atoms with van der Waals surface area (Å²) in [5.41, 5.74) is 1.96. The number of benzene rings is 2. The molecule has 0 aliphatic carbocycles. The second-order valence-electron chi connectivity index (χ2n) is 7.45. The standard InChI is InChI=1S/C23H26N4O3S/c1-29-19-7-5-18(6-8-19)22-25-26-23(30-22)27-13-11-17(12-14-27)21(28)24-15-16-3-9-20(31-2)10-4-16/h3-10,17H,11-15H2,1-2H3,(H,24,28). The molecule has 1 aliphatic rings. The summed E-state index contributed by atoms with van der Waals surface area (Å²) in [6.07, 6.45) is 3.58. The largest absolute Gasteiger partial charge is 0.497 e. The molecule has 0 radical (unpaired) electrons. The fourth-order valence-corrected chi connectivity index (χ4v) is 4.01. The highest BCUT2D eigenvalue weighted by Crippen LogP contribution is 2.27. The molecule has 0 bridgehead atoms. The number of carbonyl (C=O) groups excluding carboxylic acids is 1. The number of methoxy groups -OCH3 is 1. The zero-order valence-electron chi connectivity index (χ0n) is 17.7. The molecule has 0 unspecified atom stereocenters. The molecular weight excluding hydrogens is 412 g/mol. The van der Waals surface area contributed by atoms with Crippen molar-refractivity contribution in [3.63, 3.8) is 0 Å². The Kier molecular flexibility index (Phi) is 6.76. The first-order valence-electron chi connectivity index (χ1n) is 10.3. The van der Waals surface area contributed by atoms with Crippen molar-refractivity contribution in [3.05, 3.63) is 54.1 Å². The van der Waals surface area contributed by atoms with Crippen molar-refractivity contribution < 1.29 is 13.9 Å². The van der Waals surface area contributed by atoms with Crippen molar-refractivity contribution in [1.29, 1.82) is 0 Å². The molecule has 8 heteroatoms. The minimum Gasteiger partial charge on any atom is -0.497 e. The van der Waals surface area contributed by atoms with Crippen LogP contribution in [0.3, 0.4) is 0 Å². The molecule has 1 aromatic heterocycles. The number of amides is 1. The third-order valence-electron chi connectivity index (χ3n) is 5.51. The normalized spacial score (nSPS) is 14.5. The highest BCUT2D eigenvalue weighted by atomic mass is 32.2. The van der Waals surface area contributed by atoms with Crippen LogP contribution in [0.25, 0.3) is 11.5 Å². The summed E-state index contributed by atoms with van der Waals surface area (Å²) in [4.78, 5) is 15.9. The Hall–Kier alpha value is -3.00. The van der Waals surface area contributed by atoms with Crippen LogP contribution in [0.2, 0.25) is 0 Å². The van der Waals surface area contributed by atoms with Gasteiger partial charge < -0.3 is 19.4 Å². The predicted molar refractivity (Wildman–Crippen MR) is 121 cm³/mol. The predicted octanol–water partition coefficient (Wildman–Crippen LogP) is 4.00. The molecule has 1 amide bonds. The molecule has 1 aliphatic heterocycles. The maximum absolute atomic E-state index is 12.6. The number of nitrogens with one attached hydrogen (secondary N) is 1. The zero-order chi connectivity index (χ0) is 21.6. The van der Waals surface area contributed by atoms with Gasteiger partial charge in [-0.25, -0.2) is 0 Å². The van der Waals surface area contributed by atoms with Crippen molar-refractivity contribution in [2.24, 2.45) is 5.92 Å². The number of aromatic nitrogens is 2. The van der Waals surface area contributed by atoms with Crippen molar-refractivity contribution in [1.82, 2.24) is 15.5 Å². The summed E-state index contributed by atoms with van der Waals surface area (Å²) in [5.74, 6) is 1.37. The van der Waals surface area contributed by atoms with E-state index in [0.29, 0.717) is 31.5 Å². The number of anilines is 1. The number of piperidine rings is 1. The average molecular weight is 439 g/mol. The minimum absolute atomic E-state index is 0.00528. The molecule has 0 saturated carbocycles. The fourth-order valence-electron chi connectivity index (χ4n) is 3.60. The van der Waals surface area contributed by atoms with E-state index in [1.807, 2.05) is 29.2 Å². The SMILES string of the molecule is COc1ccc(-c2nnc(N3CCC(C(=O)NCc4ccc(SC)cc4)CC3)o2)cc1. The van der Waals surface area contributed by atoms with E-state index in [1.165, 1.54) is 4.90 Å². The third-order valence-corrected chi connectivity index (χ3v) is 6.26. The minimum atomic E-state index is 0.00528. The Balaban J connectivity index is 1.28. The molecule has 3 aromatic rings. The zero-order valence-corrected chi connectivity index (χ0v) is 18.5. The Morgan fingerprint density at radius 2 is 1.84 bits per heavy atom. The molecule has 7 nitrogen and oxygen atoms in total. The lowest BCUT2D eigenvalue weighted by atomic mass is 9.96. The summed E-state index contributed by atoms with van der Waals surface area (Å²) in [6, 6.07) is 16.3. The molecular formula is C23H26N4O3S. The van der Waals surface area contributed by atoms with E-state index in [4.69, 9.17) is 9.15 Å². The average Bonchev–Trinajstić information content (AvgIpc) is 3.33. The summed E-state index contributed by atoms with van der Waals surface area (Å²) in [5, 5.41) is 11.4. The van der Waals surface area contributed by atoms with Crippen LogP contribution in [-0.4, -0.2) is 42.6 Å². The Bertz CT molecular complexity index is 996. The summed E-state index contributed by atoms with van der Waals surface area (Å²) >= 11 is 1.71. The van der Waals surface area contributed by atoms with Crippen LogP contribution in [0.4, 0.5) is 6.01 Å². The first-order valence-corrected chi connectivity index (χ1v) is 11.5. The quantitative estimate of drug-likeness (QED) is 0.559. The molecule has 1 N–H and O–H groups in total. The Morgan fingerprint density at radius 3 is 2.48 bits per heavy atom. The second kappa shape index (κ2) is 9.87. The summed E-state index contributed by atoms with van der Waals surface area (Å²) in [6.45, 7) is 1.98. The smallest absolute Gasteiger partial charge is 0.318 e. The molecule has 2 heterocycles. The van der Waals surface area contributed by atoms with Gasteiger partial charge in [0.05, 0.1) is 7.11 Å². The number of rotatable bonds is 7. The number of nitrogens with zero attached hydrogens (tertiary/aromatic N) is 3. The van der Waals surface area contributed by atoms with Gasteiger partial charge in [0.1, 0.15) is 5.75 Å². The van der Waals surface area contributed by atoms with Crippen molar-refractivity contribution >= 4 is 23.7 Å². The van der Waals surface area contributed by atoms with Gasteiger partial charge in [-0.1, -0.05) is 17.2 Å². The van der Waals surface area contributed by atoms with Crippen LogP contribution in [0.5, 0.6) is 5.75 Å². The Labute approximate surface area is 186 Å². The number of carbonyl (C=O) groups is 1. The van der Waals surface area contributed by atoms with Crippen molar-refractivity contribution in [3.8, 4) is 17.2 Å². The number of hydrogen-bond acceptors (Lipinski definition) is 7. The molecule has 31 heavy (non-hydrogen) atoms. The lowest BCUT2D eigenvalue weighted by Gasteiger charge is -2.29. The van der Waals surface area contributed by atoms with E-state index < -0.39 is 0 Å². The van der Waals surface area contributed by atoms with Crippen LogP contribution >= 0.6 is 11.8 Å². The highest BCUT2D eigenvalue weighted by molar-refractivity contribution is 7.98. The van der Waals surface area contributed by atoms with Gasteiger partial charge >= 0.3 is 6.01 Å². The third kappa shape index (κ3) is 5.19. The van der Waals surface area contributed by atoms with Gasteiger partial charge in [-0.2, -0.15) is 0 Å². The highest BCUT2D eigenvalue weighted by Gasteiger charge is 2.27. The van der Waals surface area contributed by atoms with E-state index >= 15 is 0 Å². The molecule has 1 saturated heterocycles. The van der Waals surface area contributed by atoms with Crippen molar-refractivity contribution in [2.45, 2.75) is 24.3 Å². The van der Waals surface area contributed by atoms with E-state index in [0.717, 1.165) is 29.7 Å². The van der Waals surface area contributed by atoms with E-state index in [2.05, 4.69) is 46.0 Å². The fraction of sp³-hybridized carbons (Fsp3) is 0.348. The molecule has 1 fully saturated rings. The molecule has 0 atom stereocenters.